The van der Waals surface area contributed by atoms with Gasteiger partial charge in [-0.2, -0.15) is 0 Å². The van der Waals surface area contributed by atoms with Crippen LogP contribution in [0.2, 0.25) is 0 Å². The van der Waals surface area contributed by atoms with Gasteiger partial charge in [-0.25, -0.2) is 13.2 Å². The monoisotopic (exact) mass is 413 g/mol. The Balaban J connectivity index is 2.55. The smallest absolute Gasteiger partial charge is 0.345 e. The van der Waals surface area contributed by atoms with Gasteiger partial charge in [-0.05, 0) is 53.4 Å². The fraction of sp³-hybridized carbons (Fsp3) is 0.938. The highest BCUT2D eigenvalue weighted by Gasteiger charge is 2.35. The quantitative estimate of drug-likeness (QED) is 0.532. The summed E-state index contributed by atoms with van der Waals surface area (Å²) >= 11 is 0. The fourth-order valence-corrected chi connectivity index (χ4v) is 7.44. The predicted molar refractivity (Wildman–Crippen MR) is 99.4 cm³/mol. The SMILES string of the molecule is CCOP(=O)(CS(=O)(=O)CC1CCN(OC(=O)C(C)(C)C)CC1)OCC. The summed E-state index contributed by atoms with van der Waals surface area (Å²) in [6.07, 6.45) is 1.18. The van der Waals surface area contributed by atoms with Crippen LogP contribution in [0.1, 0.15) is 47.5 Å². The van der Waals surface area contributed by atoms with Gasteiger partial charge in [0, 0.05) is 13.1 Å². The molecule has 1 fully saturated rings. The molecule has 1 rings (SSSR count). The number of carbonyl (C=O) groups excluding carboxylic acids is 1. The molecule has 0 bridgehead atoms. The van der Waals surface area contributed by atoms with Crippen molar-refractivity contribution in [1.29, 1.82) is 0 Å². The van der Waals surface area contributed by atoms with Crippen LogP contribution in [0.15, 0.2) is 0 Å². The zero-order valence-corrected chi connectivity index (χ0v) is 18.1. The molecule has 0 spiro atoms. The molecular formula is C16H32NO7PS. The molecule has 0 amide bonds. The molecule has 10 heteroatoms. The van der Waals surface area contributed by atoms with Crippen molar-refractivity contribution in [3.8, 4) is 0 Å². The van der Waals surface area contributed by atoms with Crippen molar-refractivity contribution in [1.82, 2.24) is 5.06 Å². The van der Waals surface area contributed by atoms with Gasteiger partial charge in [0.1, 0.15) is 0 Å². The number of hydrogen-bond acceptors (Lipinski definition) is 8. The third-order valence-corrected chi connectivity index (χ3v) is 9.01. The third kappa shape index (κ3) is 8.05. The lowest BCUT2D eigenvalue weighted by atomic mass is 9.97. The second-order valence-electron chi connectivity index (χ2n) is 7.49. The molecule has 0 saturated carbocycles. The van der Waals surface area contributed by atoms with Gasteiger partial charge in [-0.1, -0.05) is 0 Å². The zero-order chi connectivity index (χ0) is 20.0. The number of piperidine rings is 1. The van der Waals surface area contributed by atoms with Crippen LogP contribution in [0.25, 0.3) is 0 Å². The van der Waals surface area contributed by atoms with Crippen molar-refractivity contribution >= 4 is 23.4 Å². The first-order valence-corrected chi connectivity index (χ1v) is 12.5. The van der Waals surface area contributed by atoms with Crippen LogP contribution in [-0.4, -0.2) is 57.0 Å². The standard InChI is InChI=1S/C16H32NO7PS/c1-6-22-25(19,23-7-2)13-26(20,21)12-14-8-10-17(11-9-14)24-15(18)16(3,4)5/h14H,6-13H2,1-5H3. The van der Waals surface area contributed by atoms with Gasteiger partial charge in [-0.15, -0.1) is 5.06 Å². The summed E-state index contributed by atoms with van der Waals surface area (Å²) < 4.78 is 47.4. The normalized spacial score (nSPS) is 18.0. The number of hydroxylamine groups is 2. The lowest BCUT2D eigenvalue weighted by Crippen LogP contribution is -2.40. The van der Waals surface area contributed by atoms with Crippen molar-refractivity contribution in [2.24, 2.45) is 11.3 Å². The summed E-state index contributed by atoms with van der Waals surface area (Å²) in [7, 11) is -7.21. The average molecular weight is 413 g/mol. The van der Waals surface area contributed by atoms with Crippen LogP contribution in [-0.2, 0) is 33.1 Å². The van der Waals surface area contributed by atoms with Crippen molar-refractivity contribution < 1.29 is 31.7 Å². The minimum atomic E-state index is -3.63. The lowest BCUT2D eigenvalue weighted by Gasteiger charge is -2.32. The largest absolute Gasteiger partial charge is 0.367 e. The minimum absolute atomic E-state index is 0.0682. The number of rotatable bonds is 9. The molecule has 0 N–H and O–H groups in total. The molecule has 1 aliphatic heterocycles. The second kappa shape index (κ2) is 9.64. The van der Waals surface area contributed by atoms with Gasteiger partial charge in [0.25, 0.3) is 0 Å². The molecule has 154 valence electrons. The van der Waals surface area contributed by atoms with Crippen molar-refractivity contribution in [3.63, 3.8) is 0 Å². The van der Waals surface area contributed by atoms with Crippen LogP contribution >= 0.6 is 7.60 Å². The van der Waals surface area contributed by atoms with Crippen LogP contribution in [0.4, 0.5) is 0 Å². The van der Waals surface area contributed by atoms with Gasteiger partial charge in [-0.3, -0.25) is 4.57 Å². The molecule has 0 atom stereocenters. The second-order valence-corrected chi connectivity index (χ2v) is 12.1. The van der Waals surface area contributed by atoms with Gasteiger partial charge >= 0.3 is 13.6 Å². The van der Waals surface area contributed by atoms with E-state index < -0.39 is 28.3 Å². The van der Waals surface area contributed by atoms with Crippen molar-refractivity contribution in [3.05, 3.63) is 0 Å². The Hall–Kier alpha value is -0.470. The summed E-state index contributed by atoms with van der Waals surface area (Å²) in [4.78, 5) is 17.2. The van der Waals surface area contributed by atoms with E-state index in [1.54, 1.807) is 39.7 Å². The Morgan fingerprint density at radius 2 is 1.62 bits per heavy atom. The molecule has 0 aromatic carbocycles. The number of sulfone groups is 1. The summed E-state index contributed by atoms with van der Waals surface area (Å²) in [5.41, 5.74) is -1.18. The topological polar surface area (TPSA) is 99.2 Å². The Kier molecular flexibility index (Phi) is 8.74. The van der Waals surface area contributed by atoms with Crippen molar-refractivity contribution in [2.75, 3.05) is 37.6 Å². The highest BCUT2D eigenvalue weighted by molar-refractivity contribution is 7.97. The fourth-order valence-electron chi connectivity index (χ4n) is 2.58. The maximum Gasteiger partial charge on any atom is 0.345 e. The lowest BCUT2D eigenvalue weighted by molar-refractivity contribution is -0.205. The molecule has 1 heterocycles. The molecule has 0 aliphatic carbocycles. The molecule has 0 unspecified atom stereocenters. The van der Waals surface area contributed by atoms with E-state index in [-0.39, 0.29) is 30.9 Å². The molecule has 0 aromatic heterocycles. The predicted octanol–water partition coefficient (Wildman–Crippen LogP) is 2.84. The van der Waals surface area contributed by atoms with Crippen LogP contribution in [0.3, 0.4) is 0 Å². The number of hydrogen-bond donors (Lipinski definition) is 0. The average Bonchev–Trinajstić information content (AvgIpc) is 2.47. The Labute approximate surface area is 157 Å². The molecule has 26 heavy (non-hydrogen) atoms. The Morgan fingerprint density at radius 1 is 1.12 bits per heavy atom. The van der Waals surface area contributed by atoms with Gasteiger partial charge in [0.15, 0.2) is 15.3 Å². The van der Waals surface area contributed by atoms with Gasteiger partial charge < -0.3 is 13.9 Å². The first-order valence-electron chi connectivity index (χ1n) is 8.96. The van der Waals surface area contributed by atoms with Crippen molar-refractivity contribution in [2.45, 2.75) is 47.5 Å². The Bertz CT molecular complexity index is 597. The van der Waals surface area contributed by atoms with E-state index in [9.17, 15) is 17.8 Å². The molecule has 0 radical (unpaired) electrons. The highest BCUT2D eigenvalue weighted by Crippen LogP contribution is 2.49. The van der Waals surface area contributed by atoms with E-state index in [1.165, 1.54) is 0 Å². The summed E-state index contributed by atoms with van der Waals surface area (Å²) in [6, 6.07) is 0. The van der Waals surface area contributed by atoms with Crippen LogP contribution in [0.5, 0.6) is 0 Å². The van der Waals surface area contributed by atoms with E-state index >= 15 is 0 Å². The maximum absolute atomic E-state index is 12.4. The van der Waals surface area contributed by atoms with Gasteiger partial charge in [0.2, 0.25) is 0 Å². The zero-order valence-electron chi connectivity index (χ0n) is 16.4. The Morgan fingerprint density at radius 3 is 2.04 bits per heavy atom. The number of nitrogens with zero attached hydrogens (tertiary/aromatic N) is 1. The van der Waals surface area contributed by atoms with E-state index in [1.807, 2.05) is 0 Å². The first kappa shape index (κ1) is 23.6. The van der Waals surface area contributed by atoms with E-state index in [2.05, 4.69) is 0 Å². The molecule has 0 aromatic rings. The maximum atomic E-state index is 12.4. The molecule has 1 aliphatic rings. The van der Waals surface area contributed by atoms with Crippen LogP contribution < -0.4 is 0 Å². The van der Waals surface area contributed by atoms with Gasteiger partial charge in [0.05, 0.1) is 24.4 Å². The summed E-state index contributed by atoms with van der Waals surface area (Å²) in [5, 5.41) is 1.59. The summed E-state index contributed by atoms with van der Waals surface area (Å²) in [6.45, 7) is 9.86. The number of carbonyl (C=O) groups is 1. The molecule has 8 nitrogen and oxygen atoms in total. The minimum Gasteiger partial charge on any atom is -0.367 e. The van der Waals surface area contributed by atoms with E-state index in [0.717, 1.165) is 0 Å². The molecule has 1 saturated heterocycles. The molecular weight excluding hydrogens is 381 g/mol. The van der Waals surface area contributed by atoms with Crippen LogP contribution in [0, 0.1) is 11.3 Å². The summed E-state index contributed by atoms with van der Waals surface area (Å²) in [5.74, 6) is -0.447. The highest BCUT2D eigenvalue weighted by atomic mass is 32.2. The third-order valence-electron chi connectivity index (χ3n) is 3.89. The first-order chi connectivity index (χ1) is 11.9. The van der Waals surface area contributed by atoms with E-state index in [4.69, 9.17) is 13.9 Å². The van der Waals surface area contributed by atoms with E-state index in [0.29, 0.717) is 25.9 Å².